The van der Waals surface area contributed by atoms with E-state index in [1.165, 1.54) is 6.07 Å². The van der Waals surface area contributed by atoms with Gasteiger partial charge in [0, 0.05) is 6.07 Å². The van der Waals surface area contributed by atoms with Crippen molar-refractivity contribution < 1.29 is 14.7 Å². The average Bonchev–Trinajstić information content (AvgIpc) is 1.88. The predicted octanol–water partition coefficient (Wildman–Crippen LogP) is 1.33. The summed E-state index contributed by atoms with van der Waals surface area (Å²) < 4.78 is 12.2. The lowest BCUT2D eigenvalue weighted by atomic mass is 10.3. The third kappa shape index (κ3) is 1.16. The van der Waals surface area contributed by atoms with Crippen LogP contribution < -0.4 is 5.48 Å². The Hall–Kier alpha value is -1.29. The first-order chi connectivity index (χ1) is 4.74. The largest absolute Gasteiger partial charge is 0.506 e. The van der Waals surface area contributed by atoms with Crippen LogP contribution in [0.3, 0.4) is 0 Å². The highest BCUT2D eigenvalue weighted by Gasteiger charge is 1.98. The van der Waals surface area contributed by atoms with E-state index in [-0.39, 0.29) is 11.4 Å². The number of rotatable bonds is 1. The molecule has 10 heavy (non-hydrogen) atoms. The fourth-order valence-corrected chi connectivity index (χ4v) is 0.599. The van der Waals surface area contributed by atoms with Crippen molar-refractivity contribution in [2.24, 2.45) is 0 Å². The number of phenols is 1. The summed E-state index contributed by atoms with van der Waals surface area (Å²) in [5.74, 6) is -0.862. The molecule has 3 nitrogen and oxygen atoms in total. The monoisotopic (exact) mass is 143 g/mol. The maximum absolute atomic E-state index is 12.2. The lowest BCUT2D eigenvalue weighted by Gasteiger charge is -1.99. The average molecular weight is 143 g/mol. The Morgan fingerprint density at radius 1 is 1.40 bits per heavy atom. The fraction of sp³-hybridized carbons (Fsp3) is 0. The van der Waals surface area contributed by atoms with Gasteiger partial charge in [0.15, 0.2) is 0 Å². The van der Waals surface area contributed by atoms with Gasteiger partial charge in [-0.25, -0.2) is 4.39 Å². The number of nitrogens with one attached hydrogen (secondary N) is 1. The van der Waals surface area contributed by atoms with Crippen LogP contribution in [0, 0.1) is 5.82 Å². The summed E-state index contributed by atoms with van der Waals surface area (Å²) in [5.41, 5.74) is 1.79. The minimum atomic E-state index is -0.545. The highest BCUT2D eigenvalue weighted by molar-refractivity contribution is 5.53. The third-order valence-corrected chi connectivity index (χ3v) is 1.08. The molecule has 0 aliphatic rings. The van der Waals surface area contributed by atoms with Crippen molar-refractivity contribution in [1.82, 2.24) is 0 Å². The summed E-state index contributed by atoms with van der Waals surface area (Å²) in [6.45, 7) is 0. The lowest BCUT2D eigenvalue weighted by Crippen LogP contribution is -1.89. The second-order valence-electron chi connectivity index (χ2n) is 1.77. The van der Waals surface area contributed by atoms with E-state index in [2.05, 4.69) is 0 Å². The molecular formula is C6H6FNO2. The third-order valence-electron chi connectivity index (χ3n) is 1.08. The minimum Gasteiger partial charge on any atom is -0.506 e. The van der Waals surface area contributed by atoms with E-state index in [0.29, 0.717) is 0 Å². The number of halogens is 1. The highest BCUT2D eigenvalue weighted by atomic mass is 19.1. The molecule has 0 amide bonds. The maximum atomic E-state index is 12.2. The first-order valence-corrected chi connectivity index (χ1v) is 2.62. The highest BCUT2D eigenvalue weighted by Crippen LogP contribution is 2.22. The summed E-state index contributed by atoms with van der Waals surface area (Å²) in [4.78, 5) is 0. The van der Waals surface area contributed by atoms with Crippen LogP contribution in [-0.4, -0.2) is 10.3 Å². The molecule has 0 aliphatic carbocycles. The normalized spacial score (nSPS) is 9.40. The van der Waals surface area contributed by atoms with Gasteiger partial charge in [0.2, 0.25) is 0 Å². The Bertz CT molecular complexity index is 239. The van der Waals surface area contributed by atoms with E-state index < -0.39 is 5.82 Å². The lowest BCUT2D eigenvalue weighted by molar-refractivity contribution is 0.380. The number of aromatic hydroxyl groups is 1. The SMILES string of the molecule is ONc1ccc(F)cc1O. The van der Waals surface area contributed by atoms with Crippen molar-refractivity contribution >= 4 is 5.69 Å². The Morgan fingerprint density at radius 2 is 2.10 bits per heavy atom. The molecule has 0 atom stereocenters. The molecule has 54 valence electrons. The van der Waals surface area contributed by atoms with E-state index in [4.69, 9.17) is 10.3 Å². The van der Waals surface area contributed by atoms with Gasteiger partial charge in [0.05, 0.1) is 0 Å². The molecule has 0 aliphatic heterocycles. The van der Waals surface area contributed by atoms with Crippen molar-refractivity contribution in [3.05, 3.63) is 24.0 Å². The minimum absolute atomic E-state index is 0.0846. The molecule has 0 aromatic heterocycles. The summed E-state index contributed by atoms with van der Waals surface area (Å²) in [6.07, 6.45) is 0. The molecule has 0 unspecified atom stereocenters. The first kappa shape index (κ1) is 6.82. The first-order valence-electron chi connectivity index (χ1n) is 2.62. The Kier molecular flexibility index (Phi) is 1.73. The predicted molar refractivity (Wildman–Crippen MR) is 33.5 cm³/mol. The zero-order valence-electron chi connectivity index (χ0n) is 5.00. The van der Waals surface area contributed by atoms with Crippen LogP contribution in [0.4, 0.5) is 10.1 Å². The van der Waals surface area contributed by atoms with Crippen molar-refractivity contribution in [2.45, 2.75) is 0 Å². The van der Waals surface area contributed by atoms with Crippen molar-refractivity contribution in [3.8, 4) is 5.75 Å². The van der Waals surface area contributed by atoms with Gasteiger partial charge in [-0.3, -0.25) is 10.7 Å². The Labute approximate surface area is 56.7 Å². The topological polar surface area (TPSA) is 52.5 Å². The molecule has 0 heterocycles. The molecule has 1 aromatic rings. The van der Waals surface area contributed by atoms with E-state index in [9.17, 15) is 4.39 Å². The number of hydrogen-bond acceptors (Lipinski definition) is 3. The smallest absolute Gasteiger partial charge is 0.143 e. The summed E-state index contributed by atoms with van der Waals surface area (Å²) in [7, 11) is 0. The van der Waals surface area contributed by atoms with E-state index in [1.807, 2.05) is 0 Å². The summed E-state index contributed by atoms with van der Waals surface area (Å²) >= 11 is 0. The van der Waals surface area contributed by atoms with Crippen LogP contribution >= 0.6 is 0 Å². The van der Waals surface area contributed by atoms with Gasteiger partial charge in [-0.1, -0.05) is 0 Å². The van der Waals surface area contributed by atoms with Crippen molar-refractivity contribution in [3.63, 3.8) is 0 Å². The number of benzene rings is 1. The zero-order valence-corrected chi connectivity index (χ0v) is 5.00. The second-order valence-corrected chi connectivity index (χ2v) is 1.77. The standard InChI is InChI=1S/C6H6FNO2/c7-4-1-2-5(8-10)6(9)3-4/h1-3,8-10H. The van der Waals surface area contributed by atoms with Gasteiger partial charge < -0.3 is 5.11 Å². The molecule has 4 heteroatoms. The van der Waals surface area contributed by atoms with Gasteiger partial charge in [-0.05, 0) is 12.1 Å². The summed E-state index contributed by atoms with van der Waals surface area (Å²) in [5, 5.41) is 17.1. The molecule has 0 bridgehead atoms. The van der Waals surface area contributed by atoms with Crippen LogP contribution in [0.15, 0.2) is 18.2 Å². The molecule has 0 spiro atoms. The number of hydrogen-bond donors (Lipinski definition) is 3. The van der Waals surface area contributed by atoms with Crippen LogP contribution in [0.5, 0.6) is 5.75 Å². The molecule has 3 N–H and O–H groups in total. The van der Waals surface area contributed by atoms with Crippen molar-refractivity contribution in [2.75, 3.05) is 5.48 Å². The van der Waals surface area contributed by atoms with E-state index in [0.717, 1.165) is 12.1 Å². The summed E-state index contributed by atoms with van der Waals surface area (Å²) in [6, 6.07) is 3.25. The maximum Gasteiger partial charge on any atom is 0.143 e. The molecule has 0 saturated heterocycles. The van der Waals surface area contributed by atoms with Gasteiger partial charge in [-0.2, -0.15) is 0 Å². The van der Waals surface area contributed by atoms with Crippen LogP contribution in [0.25, 0.3) is 0 Å². The van der Waals surface area contributed by atoms with E-state index >= 15 is 0 Å². The molecule has 1 rings (SSSR count). The van der Waals surface area contributed by atoms with Crippen LogP contribution in [0.2, 0.25) is 0 Å². The quantitative estimate of drug-likeness (QED) is 0.410. The van der Waals surface area contributed by atoms with Crippen LogP contribution in [0.1, 0.15) is 0 Å². The van der Waals surface area contributed by atoms with Gasteiger partial charge >= 0.3 is 0 Å². The molecular weight excluding hydrogens is 137 g/mol. The van der Waals surface area contributed by atoms with E-state index in [1.54, 1.807) is 5.48 Å². The Morgan fingerprint density at radius 3 is 2.60 bits per heavy atom. The Balaban J connectivity index is 3.07. The number of anilines is 1. The zero-order chi connectivity index (χ0) is 7.56. The molecule has 0 saturated carbocycles. The van der Waals surface area contributed by atoms with Gasteiger partial charge in [0.1, 0.15) is 17.3 Å². The van der Waals surface area contributed by atoms with Gasteiger partial charge in [0.25, 0.3) is 0 Å². The van der Waals surface area contributed by atoms with Crippen molar-refractivity contribution in [1.29, 1.82) is 0 Å². The molecule has 0 fully saturated rings. The van der Waals surface area contributed by atoms with Crippen LogP contribution in [-0.2, 0) is 0 Å². The fourth-order valence-electron chi connectivity index (χ4n) is 0.599. The number of phenolic OH excluding ortho intramolecular Hbond substituents is 1. The molecule has 0 radical (unpaired) electrons. The molecule has 1 aromatic carbocycles. The second kappa shape index (κ2) is 2.53. The van der Waals surface area contributed by atoms with Gasteiger partial charge in [-0.15, -0.1) is 0 Å².